The number of nitrogens with one attached hydrogen (secondary N) is 1. The molecule has 3 aromatic heterocycles. The molecule has 0 saturated carbocycles. The normalized spacial score (nSPS) is 17.2. The maximum atomic E-state index is 14.3. The number of aromatic amines is 1. The largest absolute Gasteiger partial charge is 0.377 e. The molecule has 1 aliphatic heterocycles. The minimum atomic E-state index is -0.328. The molecular formula is C21H21FN6O. The van der Waals surface area contributed by atoms with Gasteiger partial charge in [-0.15, -0.1) is 0 Å². The van der Waals surface area contributed by atoms with Crippen molar-refractivity contribution < 1.29 is 9.13 Å². The number of fused-ring (bicyclic) bond motifs is 1. The van der Waals surface area contributed by atoms with Gasteiger partial charge < -0.3 is 14.6 Å². The van der Waals surface area contributed by atoms with E-state index in [0.29, 0.717) is 24.6 Å². The van der Waals surface area contributed by atoms with Gasteiger partial charge >= 0.3 is 0 Å². The molecular weight excluding hydrogens is 371 g/mol. The number of hydrogen-bond donors (Lipinski definition) is 1. The summed E-state index contributed by atoms with van der Waals surface area (Å²) in [7, 11) is 1.88. The number of benzene rings is 1. The van der Waals surface area contributed by atoms with E-state index in [4.69, 9.17) is 14.7 Å². The molecule has 148 valence electrons. The van der Waals surface area contributed by atoms with E-state index in [1.165, 1.54) is 12.1 Å². The minimum Gasteiger partial charge on any atom is -0.377 e. The summed E-state index contributed by atoms with van der Waals surface area (Å²) in [5.74, 6) is 0.960. The molecule has 0 bridgehead atoms. The highest BCUT2D eigenvalue weighted by Crippen LogP contribution is 2.31. The van der Waals surface area contributed by atoms with Crippen LogP contribution in [0.5, 0.6) is 0 Å². The third kappa shape index (κ3) is 3.15. The zero-order valence-corrected chi connectivity index (χ0v) is 16.3. The Kier molecular flexibility index (Phi) is 4.28. The second-order valence-corrected chi connectivity index (χ2v) is 7.28. The van der Waals surface area contributed by atoms with Crippen LogP contribution in [0.15, 0.2) is 42.7 Å². The molecule has 1 aromatic carbocycles. The molecule has 8 heteroatoms. The first kappa shape index (κ1) is 17.8. The Labute approximate surface area is 167 Å². The van der Waals surface area contributed by atoms with Crippen molar-refractivity contribution in [2.24, 2.45) is 7.05 Å². The lowest BCUT2D eigenvalue weighted by Gasteiger charge is -2.34. The fourth-order valence-corrected chi connectivity index (χ4v) is 3.84. The quantitative estimate of drug-likeness (QED) is 0.579. The van der Waals surface area contributed by atoms with E-state index in [1.54, 1.807) is 17.1 Å². The summed E-state index contributed by atoms with van der Waals surface area (Å²) in [5.41, 5.74) is 3.00. The maximum Gasteiger partial charge on any atom is 0.162 e. The van der Waals surface area contributed by atoms with E-state index in [0.717, 1.165) is 34.7 Å². The summed E-state index contributed by atoms with van der Waals surface area (Å²) in [4.78, 5) is 14.9. The summed E-state index contributed by atoms with van der Waals surface area (Å²) in [5, 5.41) is 5.15. The van der Waals surface area contributed by atoms with Crippen LogP contribution in [-0.2, 0) is 11.8 Å². The highest BCUT2D eigenvalue weighted by molar-refractivity contribution is 5.93. The molecule has 0 spiro atoms. The van der Waals surface area contributed by atoms with Crippen molar-refractivity contribution in [3.05, 3.63) is 48.5 Å². The maximum absolute atomic E-state index is 14.3. The lowest BCUT2D eigenvalue weighted by atomic mass is 10.1. The summed E-state index contributed by atoms with van der Waals surface area (Å²) < 4.78 is 21.7. The molecule has 1 N–H and O–H groups in total. The van der Waals surface area contributed by atoms with Crippen molar-refractivity contribution in [2.45, 2.75) is 13.0 Å². The molecule has 7 nitrogen and oxygen atoms in total. The third-order valence-corrected chi connectivity index (χ3v) is 5.33. The molecule has 4 aromatic rings. The predicted octanol–water partition coefficient (Wildman–Crippen LogP) is 3.39. The van der Waals surface area contributed by atoms with Crippen molar-refractivity contribution in [2.75, 3.05) is 24.7 Å². The van der Waals surface area contributed by atoms with Crippen molar-refractivity contribution >= 4 is 16.7 Å². The third-order valence-electron chi connectivity index (χ3n) is 5.33. The average molecular weight is 392 g/mol. The van der Waals surface area contributed by atoms with Crippen LogP contribution >= 0.6 is 0 Å². The van der Waals surface area contributed by atoms with E-state index in [2.05, 4.69) is 21.9 Å². The monoisotopic (exact) mass is 392 g/mol. The predicted molar refractivity (Wildman–Crippen MR) is 109 cm³/mol. The van der Waals surface area contributed by atoms with Crippen LogP contribution < -0.4 is 4.90 Å². The molecule has 0 radical (unpaired) electrons. The van der Waals surface area contributed by atoms with Crippen LogP contribution in [0.2, 0.25) is 0 Å². The second kappa shape index (κ2) is 6.97. The van der Waals surface area contributed by atoms with E-state index in [9.17, 15) is 4.39 Å². The molecule has 1 aliphatic rings. The van der Waals surface area contributed by atoms with Gasteiger partial charge in [0.15, 0.2) is 5.82 Å². The van der Waals surface area contributed by atoms with Crippen LogP contribution in [0.3, 0.4) is 0 Å². The number of anilines is 1. The Balaban J connectivity index is 1.73. The van der Waals surface area contributed by atoms with Crippen molar-refractivity contribution in [1.29, 1.82) is 0 Å². The van der Waals surface area contributed by atoms with Gasteiger partial charge in [0.2, 0.25) is 0 Å². The van der Waals surface area contributed by atoms with Crippen LogP contribution in [0.1, 0.15) is 6.92 Å². The van der Waals surface area contributed by atoms with Gasteiger partial charge in [0.1, 0.15) is 11.6 Å². The first-order chi connectivity index (χ1) is 14.1. The van der Waals surface area contributed by atoms with Crippen LogP contribution in [0, 0.1) is 5.82 Å². The number of H-pyrrole nitrogens is 1. The Morgan fingerprint density at radius 1 is 1.21 bits per heavy atom. The standard InChI is InChI=1S/C21H21FN6O/c1-13-12-29-8-7-28(13)20-11-18(19-4-6-24-27(19)2)25-21(26-20)16-9-14(22)10-17-15(16)3-5-23-17/h3-6,9-11,13,23H,7-8,12H2,1-2H3. The number of morpholine rings is 1. The number of rotatable bonds is 3. The van der Waals surface area contributed by atoms with E-state index < -0.39 is 0 Å². The van der Waals surface area contributed by atoms with E-state index >= 15 is 0 Å². The van der Waals surface area contributed by atoms with Gasteiger partial charge in [-0.05, 0) is 31.2 Å². The number of nitrogens with zero attached hydrogens (tertiary/aromatic N) is 5. The zero-order valence-electron chi connectivity index (χ0n) is 16.3. The zero-order chi connectivity index (χ0) is 20.0. The molecule has 1 fully saturated rings. The lowest BCUT2D eigenvalue weighted by Crippen LogP contribution is -2.44. The highest BCUT2D eigenvalue weighted by Gasteiger charge is 2.23. The Morgan fingerprint density at radius 3 is 2.90 bits per heavy atom. The molecule has 1 atom stereocenters. The van der Waals surface area contributed by atoms with Crippen molar-refractivity contribution in [3.8, 4) is 22.8 Å². The van der Waals surface area contributed by atoms with E-state index in [1.807, 2.05) is 25.2 Å². The first-order valence-electron chi connectivity index (χ1n) is 9.59. The van der Waals surface area contributed by atoms with Gasteiger partial charge in [-0.3, -0.25) is 4.68 Å². The molecule has 4 heterocycles. The van der Waals surface area contributed by atoms with Crippen molar-refractivity contribution in [1.82, 2.24) is 24.7 Å². The second-order valence-electron chi connectivity index (χ2n) is 7.28. The summed E-state index contributed by atoms with van der Waals surface area (Å²) in [6, 6.07) is 8.96. The molecule has 1 unspecified atom stereocenters. The number of halogens is 1. The lowest BCUT2D eigenvalue weighted by molar-refractivity contribution is 0.0985. The summed E-state index contributed by atoms with van der Waals surface area (Å²) >= 11 is 0. The van der Waals surface area contributed by atoms with Gasteiger partial charge in [-0.25, -0.2) is 14.4 Å². The van der Waals surface area contributed by atoms with Crippen LogP contribution in [0.25, 0.3) is 33.7 Å². The number of aryl methyl sites for hydroxylation is 1. The van der Waals surface area contributed by atoms with Crippen LogP contribution in [0.4, 0.5) is 10.2 Å². The van der Waals surface area contributed by atoms with Gasteiger partial charge in [0, 0.05) is 48.5 Å². The number of hydrogen-bond acceptors (Lipinski definition) is 5. The SMILES string of the molecule is CC1COCCN1c1cc(-c2ccnn2C)nc(-c2cc(F)cc3[nH]ccc23)n1. The first-order valence-corrected chi connectivity index (χ1v) is 9.59. The van der Waals surface area contributed by atoms with Gasteiger partial charge in [0.25, 0.3) is 0 Å². The van der Waals surface area contributed by atoms with Crippen molar-refractivity contribution in [3.63, 3.8) is 0 Å². The number of aromatic nitrogens is 5. The van der Waals surface area contributed by atoms with Gasteiger partial charge in [-0.2, -0.15) is 5.10 Å². The Morgan fingerprint density at radius 2 is 2.10 bits per heavy atom. The fourth-order valence-electron chi connectivity index (χ4n) is 3.84. The molecule has 5 rings (SSSR count). The molecule has 0 amide bonds. The number of ether oxygens (including phenoxy) is 1. The summed E-state index contributed by atoms with van der Waals surface area (Å²) in [6.07, 6.45) is 3.53. The van der Waals surface area contributed by atoms with Gasteiger partial charge in [0.05, 0.1) is 30.6 Å². The molecule has 29 heavy (non-hydrogen) atoms. The van der Waals surface area contributed by atoms with Gasteiger partial charge in [-0.1, -0.05) is 0 Å². The van der Waals surface area contributed by atoms with E-state index in [-0.39, 0.29) is 11.9 Å². The average Bonchev–Trinajstić information content (AvgIpc) is 3.36. The Bertz CT molecular complexity index is 1180. The molecule has 0 aliphatic carbocycles. The Hall–Kier alpha value is -3.26. The smallest absolute Gasteiger partial charge is 0.162 e. The fraction of sp³-hybridized carbons (Fsp3) is 0.286. The van der Waals surface area contributed by atoms with Crippen LogP contribution in [-0.4, -0.2) is 50.5 Å². The topological polar surface area (TPSA) is 71.9 Å². The summed E-state index contributed by atoms with van der Waals surface area (Å²) in [6.45, 7) is 4.14. The highest BCUT2D eigenvalue weighted by atomic mass is 19.1. The molecule has 1 saturated heterocycles. The minimum absolute atomic E-state index is 0.186.